The minimum atomic E-state index is -0.627. The van der Waals surface area contributed by atoms with Crippen molar-refractivity contribution in [1.29, 1.82) is 0 Å². The van der Waals surface area contributed by atoms with Crippen LogP contribution in [-0.4, -0.2) is 133 Å². The average Bonchev–Trinajstić information content (AvgIpc) is 3.19. The lowest BCUT2D eigenvalue weighted by Gasteiger charge is -2.40. The fourth-order valence-electron chi connectivity index (χ4n) is 4.57. The fraction of sp³-hybridized carbons (Fsp3) is 0.895. The molecule has 9 heteroatoms. The minimum Gasteiger partial charge on any atom is -0.395 e. The molecule has 3 saturated heterocycles. The molecule has 3 aliphatic rings. The molecule has 2 amide bonds. The zero-order valence-electron chi connectivity index (χ0n) is 16.8. The van der Waals surface area contributed by atoms with Gasteiger partial charge < -0.3 is 25.3 Å². The summed E-state index contributed by atoms with van der Waals surface area (Å²) in [6.07, 6.45) is 0.981. The molecular formula is C19H35N5O4. The quantitative estimate of drug-likeness (QED) is 0.442. The molecule has 3 fully saturated rings. The predicted octanol–water partition coefficient (Wildman–Crippen LogP) is -2.37. The smallest absolute Gasteiger partial charge is 0.230 e. The second-order valence-corrected chi connectivity index (χ2v) is 8.19. The molecule has 0 aromatic heterocycles. The number of nitrogens with zero attached hydrogens (tertiary/aromatic N) is 4. The van der Waals surface area contributed by atoms with E-state index >= 15 is 0 Å². The Bertz CT molecular complexity index is 524. The molecule has 28 heavy (non-hydrogen) atoms. The number of rotatable bonds is 7. The molecule has 0 aliphatic carbocycles. The van der Waals surface area contributed by atoms with Gasteiger partial charge in [-0.2, -0.15) is 0 Å². The SMILES string of the molecule is O=C(CC1(C(=O)N2CCN(CCO)CC2)CCNC1)N1CCN(CCO)CC1. The standard InChI is InChI=1S/C19H35N5O4/c25-13-11-21-3-7-23(8-4-21)17(27)15-19(1-2-20-16-19)18(28)24-9-5-22(6-10-24)12-14-26/h20,25-26H,1-16H2. The molecule has 0 spiro atoms. The number of aliphatic hydroxyl groups is 2. The van der Waals surface area contributed by atoms with Crippen LogP contribution < -0.4 is 5.32 Å². The van der Waals surface area contributed by atoms with Gasteiger partial charge in [-0.1, -0.05) is 0 Å². The van der Waals surface area contributed by atoms with Crippen LogP contribution in [0.15, 0.2) is 0 Å². The number of β-amino-alcohol motifs (C(OH)–C–C–N with tert-alkyl or cyclic N) is 2. The molecule has 0 aromatic rings. The van der Waals surface area contributed by atoms with Gasteiger partial charge in [0, 0.05) is 78.4 Å². The lowest BCUT2D eigenvalue weighted by Crippen LogP contribution is -2.56. The highest BCUT2D eigenvalue weighted by molar-refractivity contribution is 5.89. The molecule has 0 bridgehead atoms. The van der Waals surface area contributed by atoms with Crippen molar-refractivity contribution in [2.75, 3.05) is 91.8 Å². The zero-order chi connectivity index (χ0) is 20.0. The van der Waals surface area contributed by atoms with E-state index in [1.165, 1.54) is 0 Å². The number of nitrogens with one attached hydrogen (secondary N) is 1. The zero-order valence-corrected chi connectivity index (χ0v) is 16.8. The number of carbonyl (C=O) groups is 2. The van der Waals surface area contributed by atoms with E-state index in [-0.39, 0.29) is 31.4 Å². The molecule has 1 atom stereocenters. The highest BCUT2D eigenvalue weighted by atomic mass is 16.3. The maximum Gasteiger partial charge on any atom is 0.230 e. The molecule has 0 radical (unpaired) electrons. The van der Waals surface area contributed by atoms with E-state index < -0.39 is 5.41 Å². The molecule has 160 valence electrons. The van der Waals surface area contributed by atoms with E-state index in [2.05, 4.69) is 15.1 Å². The summed E-state index contributed by atoms with van der Waals surface area (Å²) in [4.78, 5) is 34.4. The first-order chi connectivity index (χ1) is 13.6. The first-order valence-corrected chi connectivity index (χ1v) is 10.5. The van der Waals surface area contributed by atoms with Gasteiger partial charge in [-0.25, -0.2) is 0 Å². The Morgan fingerprint density at radius 1 is 0.821 bits per heavy atom. The molecule has 0 aromatic carbocycles. The highest BCUT2D eigenvalue weighted by Crippen LogP contribution is 2.33. The van der Waals surface area contributed by atoms with Gasteiger partial charge >= 0.3 is 0 Å². The normalized spacial score (nSPS) is 27.4. The fourth-order valence-corrected chi connectivity index (χ4v) is 4.57. The largest absolute Gasteiger partial charge is 0.395 e. The lowest BCUT2D eigenvalue weighted by atomic mass is 9.81. The van der Waals surface area contributed by atoms with Gasteiger partial charge in [0.05, 0.1) is 18.6 Å². The summed E-state index contributed by atoms with van der Waals surface area (Å²) in [6, 6.07) is 0. The minimum absolute atomic E-state index is 0.0691. The second kappa shape index (κ2) is 9.98. The van der Waals surface area contributed by atoms with Crippen molar-refractivity contribution in [3.05, 3.63) is 0 Å². The van der Waals surface area contributed by atoms with Crippen LogP contribution in [0.4, 0.5) is 0 Å². The number of aliphatic hydroxyl groups excluding tert-OH is 2. The summed E-state index contributed by atoms with van der Waals surface area (Å²) < 4.78 is 0. The van der Waals surface area contributed by atoms with Crippen molar-refractivity contribution >= 4 is 11.8 Å². The number of piperazine rings is 2. The van der Waals surface area contributed by atoms with Gasteiger partial charge in [0.1, 0.15) is 0 Å². The van der Waals surface area contributed by atoms with Gasteiger partial charge in [-0.15, -0.1) is 0 Å². The molecule has 3 heterocycles. The molecule has 3 aliphatic heterocycles. The molecular weight excluding hydrogens is 362 g/mol. The summed E-state index contributed by atoms with van der Waals surface area (Å²) in [6.45, 7) is 8.67. The van der Waals surface area contributed by atoms with Crippen molar-refractivity contribution in [2.45, 2.75) is 12.8 Å². The molecule has 1 unspecified atom stereocenters. The summed E-state index contributed by atoms with van der Waals surface area (Å²) in [5.41, 5.74) is -0.627. The van der Waals surface area contributed by atoms with Crippen LogP contribution in [0.3, 0.4) is 0 Å². The number of amides is 2. The van der Waals surface area contributed by atoms with Crippen molar-refractivity contribution < 1.29 is 19.8 Å². The first-order valence-electron chi connectivity index (χ1n) is 10.5. The Balaban J connectivity index is 1.56. The number of hydrogen-bond acceptors (Lipinski definition) is 7. The van der Waals surface area contributed by atoms with Crippen LogP contribution >= 0.6 is 0 Å². The lowest BCUT2D eigenvalue weighted by molar-refractivity contribution is -0.149. The van der Waals surface area contributed by atoms with Crippen molar-refractivity contribution in [3.63, 3.8) is 0 Å². The van der Waals surface area contributed by atoms with E-state index in [9.17, 15) is 9.59 Å². The van der Waals surface area contributed by atoms with Crippen LogP contribution in [0, 0.1) is 5.41 Å². The summed E-state index contributed by atoms with van der Waals surface area (Å²) in [7, 11) is 0. The third kappa shape index (κ3) is 5.01. The topological polar surface area (TPSA) is 99.6 Å². The summed E-state index contributed by atoms with van der Waals surface area (Å²) in [5.74, 6) is 0.174. The molecule has 9 nitrogen and oxygen atoms in total. The summed E-state index contributed by atoms with van der Waals surface area (Å²) >= 11 is 0. The second-order valence-electron chi connectivity index (χ2n) is 8.19. The van der Waals surface area contributed by atoms with Gasteiger partial charge in [0.15, 0.2) is 0 Å². The van der Waals surface area contributed by atoms with Crippen molar-refractivity contribution in [1.82, 2.24) is 24.9 Å². The van der Waals surface area contributed by atoms with Crippen LogP contribution in [0.5, 0.6) is 0 Å². The first kappa shape index (κ1) is 21.4. The van der Waals surface area contributed by atoms with E-state index in [0.717, 1.165) is 32.7 Å². The Labute approximate surface area is 167 Å². The van der Waals surface area contributed by atoms with Crippen LogP contribution in [-0.2, 0) is 9.59 Å². The van der Waals surface area contributed by atoms with Gasteiger partial charge in [-0.3, -0.25) is 19.4 Å². The monoisotopic (exact) mass is 397 g/mol. The maximum atomic E-state index is 13.4. The van der Waals surface area contributed by atoms with E-state index in [4.69, 9.17) is 10.2 Å². The Hall–Kier alpha value is -1.26. The van der Waals surface area contributed by atoms with E-state index in [1.807, 2.05) is 9.80 Å². The van der Waals surface area contributed by atoms with Gasteiger partial charge in [0.25, 0.3) is 0 Å². The number of hydrogen-bond donors (Lipinski definition) is 3. The van der Waals surface area contributed by atoms with Gasteiger partial charge in [0.2, 0.25) is 11.8 Å². The van der Waals surface area contributed by atoms with E-state index in [0.29, 0.717) is 52.2 Å². The van der Waals surface area contributed by atoms with Gasteiger partial charge in [-0.05, 0) is 13.0 Å². The molecule has 3 N–H and O–H groups in total. The molecule has 3 rings (SSSR count). The average molecular weight is 398 g/mol. The third-order valence-corrected chi connectivity index (χ3v) is 6.40. The van der Waals surface area contributed by atoms with Crippen LogP contribution in [0.25, 0.3) is 0 Å². The summed E-state index contributed by atoms with van der Waals surface area (Å²) in [5, 5.41) is 21.4. The molecule has 0 saturated carbocycles. The Morgan fingerprint density at radius 3 is 1.82 bits per heavy atom. The Kier molecular flexibility index (Phi) is 7.64. The number of carbonyl (C=O) groups excluding carboxylic acids is 2. The van der Waals surface area contributed by atoms with Crippen molar-refractivity contribution in [3.8, 4) is 0 Å². The third-order valence-electron chi connectivity index (χ3n) is 6.40. The predicted molar refractivity (Wildman–Crippen MR) is 105 cm³/mol. The maximum absolute atomic E-state index is 13.4. The van der Waals surface area contributed by atoms with Crippen LogP contribution in [0.2, 0.25) is 0 Å². The highest BCUT2D eigenvalue weighted by Gasteiger charge is 2.46. The Morgan fingerprint density at radius 2 is 1.36 bits per heavy atom. The van der Waals surface area contributed by atoms with Crippen LogP contribution in [0.1, 0.15) is 12.8 Å². The van der Waals surface area contributed by atoms with Crippen molar-refractivity contribution in [2.24, 2.45) is 5.41 Å². The van der Waals surface area contributed by atoms with E-state index in [1.54, 1.807) is 0 Å².